The Hall–Kier alpha value is -2.56. The Kier molecular flexibility index (Phi) is 11.0. The molecule has 4 N–H and O–H groups in total. The van der Waals surface area contributed by atoms with E-state index in [2.05, 4.69) is 0 Å². The van der Waals surface area contributed by atoms with E-state index >= 15 is 0 Å². The van der Waals surface area contributed by atoms with Crippen LogP contribution >= 0.6 is 0 Å². The number of aliphatic carboxylic acids is 1. The number of nitrogens with zero attached hydrogens (tertiary/aromatic N) is 1. The number of halogens is 2. The molecule has 0 spiro atoms. The van der Waals surface area contributed by atoms with Crippen LogP contribution < -0.4 is 40.4 Å². The van der Waals surface area contributed by atoms with Crippen LogP contribution in [0.3, 0.4) is 0 Å². The van der Waals surface area contributed by atoms with Gasteiger partial charge in [0.25, 0.3) is 5.91 Å². The van der Waals surface area contributed by atoms with Gasteiger partial charge in [0, 0.05) is 30.2 Å². The summed E-state index contributed by atoms with van der Waals surface area (Å²) >= 11 is 0. The van der Waals surface area contributed by atoms with Crippen molar-refractivity contribution in [2.45, 2.75) is 57.8 Å². The number of aliphatic hydroxyl groups is 2. The Bertz CT molecular complexity index is 1230. The number of hydrogen-bond donors (Lipinski definition) is 3. The summed E-state index contributed by atoms with van der Waals surface area (Å²) in [7, 11) is 0. The van der Waals surface area contributed by atoms with E-state index in [-0.39, 0.29) is 60.4 Å². The molecule has 0 aliphatic heterocycles. The molecule has 10 heteroatoms. The maximum Gasteiger partial charge on any atom is 1.00 e. The number of aromatic nitrogens is 1. The van der Waals surface area contributed by atoms with Gasteiger partial charge in [0.1, 0.15) is 11.6 Å². The fourth-order valence-electron chi connectivity index (χ4n) is 4.51. The number of rotatable bonds is 11. The van der Waals surface area contributed by atoms with Gasteiger partial charge in [-0.3, -0.25) is 4.79 Å². The molecule has 0 radical (unpaired) electrons. The second-order valence-corrected chi connectivity index (χ2v) is 9.08. The van der Waals surface area contributed by atoms with Crippen molar-refractivity contribution in [3.63, 3.8) is 0 Å². The summed E-state index contributed by atoms with van der Waals surface area (Å²) in [5, 5.41) is 31.1. The average Bonchev–Trinajstić information content (AvgIpc) is 3.14. The molecule has 7 nitrogen and oxygen atoms in total. The number of aliphatic hydroxyl groups excluding tert-OH is 2. The molecule has 1 amide bonds. The van der Waals surface area contributed by atoms with E-state index in [4.69, 9.17) is 5.73 Å². The fraction of sp³-hybridized carbons (Fsp3) is 0.333. The average molecular weight is 523 g/mol. The third-order valence-corrected chi connectivity index (χ3v) is 5.98. The molecule has 3 rings (SSSR count). The van der Waals surface area contributed by atoms with Crippen LogP contribution in [0.4, 0.5) is 8.78 Å². The van der Waals surface area contributed by atoms with Gasteiger partial charge in [0.2, 0.25) is 0 Å². The van der Waals surface area contributed by atoms with Gasteiger partial charge >= 0.3 is 29.6 Å². The second-order valence-electron chi connectivity index (χ2n) is 9.08. The van der Waals surface area contributed by atoms with Crippen LogP contribution in [0.2, 0.25) is 0 Å². The quantitative estimate of drug-likeness (QED) is 0.305. The molecular formula is C27H29F2N2NaO5. The Morgan fingerprint density at radius 1 is 0.946 bits per heavy atom. The standard InChI is InChI=1S/C27H30F2N2O5.Na/c1-15(2)25-24(27(30)36)23(16-3-7-18(28)8-4-16)26(17-5-9-19(29)10-6-17)31(25)12-11-20(32)13-21(33)14-22(34)35;/h3-10,15,20-21,32-33H,11-14H2,1-2H3,(H2,30,36)(H,34,35);/q;+1/p-1. The minimum Gasteiger partial charge on any atom is -0.550 e. The molecule has 1 aromatic heterocycles. The molecule has 2 atom stereocenters. The van der Waals surface area contributed by atoms with Crippen LogP contribution in [0, 0.1) is 11.6 Å². The first-order valence-electron chi connectivity index (χ1n) is 11.6. The molecule has 0 fully saturated rings. The first-order valence-corrected chi connectivity index (χ1v) is 11.6. The van der Waals surface area contributed by atoms with Gasteiger partial charge in [-0.15, -0.1) is 0 Å². The molecule has 1 heterocycles. The van der Waals surface area contributed by atoms with E-state index in [1.165, 1.54) is 36.4 Å². The largest absolute Gasteiger partial charge is 1.00 e. The molecular weight excluding hydrogens is 493 g/mol. The summed E-state index contributed by atoms with van der Waals surface area (Å²) in [5.41, 5.74) is 8.79. The number of nitrogens with two attached hydrogens (primary N) is 1. The van der Waals surface area contributed by atoms with Crippen molar-refractivity contribution < 1.29 is 63.2 Å². The summed E-state index contributed by atoms with van der Waals surface area (Å²) in [5.74, 6) is -3.20. The number of benzene rings is 2. The van der Waals surface area contributed by atoms with Crippen LogP contribution in [0.5, 0.6) is 0 Å². The Balaban J connectivity index is 0.00000481. The monoisotopic (exact) mass is 522 g/mol. The molecule has 0 aliphatic carbocycles. The number of amides is 1. The minimum absolute atomic E-state index is 0. The van der Waals surface area contributed by atoms with E-state index in [1.54, 1.807) is 12.1 Å². The first-order chi connectivity index (χ1) is 17.0. The van der Waals surface area contributed by atoms with Crippen LogP contribution in [0.15, 0.2) is 48.5 Å². The smallest absolute Gasteiger partial charge is 0.550 e. The number of primary amides is 1. The summed E-state index contributed by atoms with van der Waals surface area (Å²) < 4.78 is 29.3. The van der Waals surface area contributed by atoms with Gasteiger partial charge in [-0.05, 0) is 66.3 Å². The third kappa shape index (κ3) is 7.49. The molecule has 2 aromatic carbocycles. The number of carbonyl (C=O) groups is 2. The van der Waals surface area contributed by atoms with Crippen molar-refractivity contribution in [1.29, 1.82) is 0 Å². The summed E-state index contributed by atoms with van der Waals surface area (Å²) in [4.78, 5) is 23.5. The van der Waals surface area contributed by atoms with Gasteiger partial charge in [-0.25, -0.2) is 8.78 Å². The van der Waals surface area contributed by atoms with Crippen molar-refractivity contribution in [1.82, 2.24) is 4.57 Å². The first kappa shape index (κ1) is 30.7. The zero-order valence-electron chi connectivity index (χ0n) is 21.1. The molecule has 37 heavy (non-hydrogen) atoms. The Morgan fingerprint density at radius 3 is 1.92 bits per heavy atom. The van der Waals surface area contributed by atoms with E-state index in [0.717, 1.165) is 0 Å². The van der Waals surface area contributed by atoms with E-state index < -0.39 is 42.1 Å². The maximum absolute atomic E-state index is 13.8. The minimum atomic E-state index is -1.42. The van der Waals surface area contributed by atoms with Gasteiger partial charge in [0.15, 0.2) is 0 Å². The van der Waals surface area contributed by atoms with Crippen LogP contribution in [0.25, 0.3) is 22.4 Å². The molecule has 0 aliphatic rings. The summed E-state index contributed by atoms with van der Waals surface area (Å²) in [6.07, 6.45) is -2.97. The molecule has 192 valence electrons. The zero-order chi connectivity index (χ0) is 26.6. The topological polar surface area (TPSA) is 129 Å². The summed E-state index contributed by atoms with van der Waals surface area (Å²) in [6.45, 7) is 3.93. The van der Waals surface area contributed by atoms with Crippen LogP contribution in [0.1, 0.15) is 55.1 Å². The second kappa shape index (κ2) is 13.3. The van der Waals surface area contributed by atoms with Crippen molar-refractivity contribution in [3.05, 3.63) is 71.4 Å². The normalized spacial score (nSPS) is 12.7. The van der Waals surface area contributed by atoms with Gasteiger partial charge < -0.3 is 30.4 Å². The molecule has 0 bridgehead atoms. The summed E-state index contributed by atoms with van der Waals surface area (Å²) in [6, 6.07) is 11.3. The Morgan fingerprint density at radius 2 is 1.46 bits per heavy atom. The number of carboxylic acid groups (broad SMARTS) is 1. The van der Waals surface area contributed by atoms with E-state index in [1.807, 2.05) is 18.4 Å². The number of hydrogen-bond acceptors (Lipinski definition) is 5. The van der Waals surface area contributed by atoms with E-state index in [9.17, 15) is 33.7 Å². The van der Waals surface area contributed by atoms with Crippen LogP contribution in [-0.2, 0) is 11.3 Å². The molecule has 3 aromatic rings. The number of carbonyl (C=O) groups excluding carboxylic acids is 2. The molecule has 0 saturated heterocycles. The van der Waals surface area contributed by atoms with Crippen molar-refractivity contribution in [2.24, 2.45) is 5.73 Å². The predicted molar refractivity (Wildman–Crippen MR) is 129 cm³/mol. The third-order valence-electron chi connectivity index (χ3n) is 5.98. The Labute approximate surface area is 236 Å². The molecule has 0 saturated carbocycles. The van der Waals surface area contributed by atoms with Crippen molar-refractivity contribution in [2.75, 3.05) is 0 Å². The fourth-order valence-corrected chi connectivity index (χ4v) is 4.51. The zero-order valence-corrected chi connectivity index (χ0v) is 23.1. The predicted octanol–water partition coefficient (Wildman–Crippen LogP) is -0.0314. The van der Waals surface area contributed by atoms with Gasteiger partial charge in [-0.2, -0.15) is 0 Å². The van der Waals surface area contributed by atoms with Crippen LogP contribution in [-0.4, -0.2) is 38.9 Å². The van der Waals surface area contributed by atoms with Gasteiger partial charge in [-0.1, -0.05) is 26.0 Å². The van der Waals surface area contributed by atoms with Gasteiger partial charge in [0.05, 0.1) is 23.5 Å². The van der Waals surface area contributed by atoms with Crippen molar-refractivity contribution >= 4 is 11.9 Å². The molecule has 2 unspecified atom stereocenters. The van der Waals surface area contributed by atoms with Crippen molar-refractivity contribution in [3.8, 4) is 22.4 Å². The number of carboxylic acids is 1. The SMILES string of the molecule is CC(C)c1c(C(N)=O)c(-c2ccc(F)cc2)c(-c2ccc(F)cc2)n1CCC(O)CC(O)CC(=O)[O-].[Na+]. The maximum atomic E-state index is 13.8. The van der Waals surface area contributed by atoms with E-state index in [0.29, 0.717) is 28.1 Å².